The highest BCUT2D eigenvalue weighted by molar-refractivity contribution is 7.90. The molecule has 1 rings (SSSR count). The molecule has 2 N–H and O–H groups in total. The number of hydrogen-bond donors (Lipinski definition) is 2. The van der Waals surface area contributed by atoms with Crippen molar-refractivity contribution in [1.82, 2.24) is 5.32 Å². The molecule has 8 heteroatoms. The van der Waals surface area contributed by atoms with E-state index in [-0.39, 0.29) is 17.4 Å². The van der Waals surface area contributed by atoms with Crippen LogP contribution in [0.3, 0.4) is 0 Å². The van der Waals surface area contributed by atoms with Crippen LogP contribution in [0.4, 0.5) is 0 Å². The summed E-state index contributed by atoms with van der Waals surface area (Å²) in [5.74, 6) is -1.90. The van der Waals surface area contributed by atoms with E-state index < -0.39 is 27.8 Å². The average molecular weight is 333 g/mol. The maximum Gasteiger partial charge on any atom is 0.326 e. The number of carboxylic acid groups (broad SMARTS) is 1. The Bertz CT molecular complexity index is 618. The molecule has 0 fully saturated rings. The van der Waals surface area contributed by atoms with Crippen LogP contribution in [0, 0.1) is 5.92 Å². The van der Waals surface area contributed by atoms with Gasteiger partial charge in [0.1, 0.15) is 6.04 Å². The van der Waals surface area contributed by atoms with Crippen LogP contribution < -0.4 is 5.32 Å². The first-order valence-corrected chi connectivity index (χ1v) is 9.13. The first-order chi connectivity index (χ1) is 9.66. The minimum atomic E-state index is -3.15. The number of nitrogens with one attached hydrogen (secondary N) is 1. The van der Waals surface area contributed by atoms with Gasteiger partial charge in [-0.2, -0.15) is 0 Å². The monoisotopic (exact) mass is 333 g/mol. The zero-order valence-corrected chi connectivity index (χ0v) is 13.8. The lowest BCUT2D eigenvalue weighted by Gasteiger charge is -2.17. The van der Waals surface area contributed by atoms with Gasteiger partial charge in [0.15, 0.2) is 9.84 Å². The van der Waals surface area contributed by atoms with Crippen molar-refractivity contribution >= 4 is 33.1 Å². The molecule has 0 radical (unpaired) electrons. The Balaban J connectivity index is 2.81. The number of sulfone groups is 1. The first-order valence-electron chi connectivity index (χ1n) is 6.49. The molecule has 0 saturated carbocycles. The van der Waals surface area contributed by atoms with Crippen LogP contribution in [-0.2, 0) is 20.4 Å². The van der Waals surface area contributed by atoms with E-state index in [4.69, 9.17) is 5.11 Å². The maximum absolute atomic E-state index is 12.0. The smallest absolute Gasteiger partial charge is 0.326 e. The lowest BCUT2D eigenvalue weighted by atomic mass is 10.0. The summed E-state index contributed by atoms with van der Waals surface area (Å²) in [6.45, 7) is 4.97. The van der Waals surface area contributed by atoms with Gasteiger partial charge in [0.2, 0.25) is 0 Å². The van der Waals surface area contributed by atoms with Gasteiger partial charge in [-0.05, 0) is 18.1 Å². The fourth-order valence-electron chi connectivity index (χ4n) is 1.62. The van der Waals surface area contributed by atoms with Gasteiger partial charge in [-0.15, -0.1) is 11.3 Å². The minimum Gasteiger partial charge on any atom is -0.480 e. The van der Waals surface area contributed by atoms with Gasteiger partial charge >= 0.3 is 5.97 Å². The van der Waals surface area contributed by atoms with Crippen molar-refractivity contribution in [2.45, 2.75) is 32.6 Å². The quantitative estimate of drug-likeness (QED) is 0.788. The summed E-state index contributed by atoms with van der Waals surface area (Å²) >= 11 is 1.06. The number of carbonyl (C=O) groups is 2. The van der Waals surface area contributed by atoms with Gasteiger partial charge in [-0.25, -0.2) is 13.2 Å². The SMILES string of the molecule is CCS(=O)(=O)Cc1ccc(C(=O)NC(C(=O)O)C(C)C)s1. The Hall–Kier alpha value is -1.41. The summed E-state index contributed by atoms with van der Waals surface area (Å²) in [6, 6.07) is 2.12. The fourth-order valence-corrected chi connectivity index (χ4v) is 3.84. The van der Waals surface area contributed by atoms with Crippen molar-refractivity contribution in [1.29, 1.82) is 0 Å². The molecule has 0 aliphatic heterocycles. The summed E-state index contributed by atoms with van der Waals surface area (Å²) in [7, 11) is -3.15. The molecule has 1 aromatic heterocycles. The third kappa shape index (κ3) is 5.13. The molecule has 1 aromatic rings. The Morgan fingerprint density at radius 2 is 1.95 bits per heavy atom. The molecular formula is C13H19NO5S2. The average Bonchev–Trinajstić information content (AvgIpc) is 2.82. The normalized spacial score (nSPS) is 13.1. The molecular weight excluding hydrogens is 314 g/mol. The van der Waals surface area contributed by atoms with Crippen LogP contribution in [0.15, 0.2) is 12.1 Å². The van der Waals surface area contributed by atoms with E-state index in [0.29, 0.717) is 9.75 Å². The Morgan fingerprint density at radius 1 is 1.33 bits per heavy atom. The van der Waals surface area contributed by atoms with Gasteiger partial charge in [0, 0.05) is 10.6 Å². The summed E-state index contributed by atoms with van der Waals surface area (Å²) in [5.41, 5.74) is 0. The van der Waals surface area contributed by atoms with Gasteiger partial charge < -0.3 is 10.4 Å². The summed E-state index contributed by atoms with van der Waals surface area (Å²) in [4.78, 5) is 23.9. The molecule has 0 bridgehead atoms. The highest BCUT2D eigenvalue weighted by atomic mass is 32.2. The Morgan fingerprint density at radius 3 is 2.43 bits per heavy atom. The second-order valence-electron chi connectivity index (χ2n) is 4.98. The van der Waals surface area contributed by atoms with Crippen molar-refractivity contribution in [3.8, 4) is 0 Å². The summed E-state index contributed by atoms with van der Waals surface area (Å²) in [5, 5.41) is 11.5. The molecule has 1 amide bonds. The second kappa shape index (κ2) is 7.04. The van der Waals surface area contributed by atoms with E-state index in [1.54, 1.807) is 26.8 Å². The molecule has 1 heterocycles. The highest BCUT2D eigenvalue weighted by Crippen LogP contribution is 2.19. The number of thiophene rings is 1. The number of hydrogen-bond acceptors (Lipinski definition) is 5. The number of aliphatic carboxylic acids is 1. The van der Waals surface area contributed by atoms with E-state index in [0.717, 1.165) is 11.3 Å². The van der Waals surface area contributed by atoms with Crippen molar-refractivity contribution in [3.63, 3.8) is 0 Å². The van der Waals surface area contributed by atoms with E-state index in [2.05, 4.69) is 5.32 Å². The molecule has 0 aromatic carbocycles. The van der Waals surface area contributed by atoms with Crippen LogP contribution in [0.25, 0.3) is 0 Å². The Labute approximate surface area is 128 Å². The molecule has 6 nitrogen and oxygen atoms in total. The van der Waals surface area contributed by atoms with Gasteiger partial charge in [0.25, 0.3) is 5.91 Å². The maximum atomic E-state index is 12.0. The zero-order chi connectivity index (χ0) is 16.2. The molecule has 21 heavy (non-hydrogen) atoms. The number of carbonyl (C=O) groups excluding carboxylic acids is 1. The minimum absolute atomic E-state index is 0.0425. The molecule has 1 unspecified atom stereocenters. The lowest BCUT2D eigenvalue weighted by Crippen LogP contribution is -2.44. The van der Waals surface area contributed by atoms with E-state index >= 15 is 0 Å². The van der Waals surface area contributed by atoms with Crippen molar-refractivity contribution in [2.75, 3.05) is 5.75 Å². The van der Waals surface area contributed by atoms with E-state index in [1.807, 2.05) is 0 Å². The van der Waals surface area contributed by atoms with Crippen LogP contribution in [0.2, 0.25) is 0 Å². The fraction of sp³-hybridized carbons (Fsp3) is 0.538. The van der Waals surface area contributed by atoms with E-state index in [1.165, 1.54) is 6.07 Å². The number of rotatable bonds is 7. The number of amides is 1. The van der Waals surface area contributed by atoms with E-state index in [9.17, 15) is 18.0 Å². The van der Waals surface area contributed by atoms with Gasteiger partial charge in [-0.3, -0.25) is 4.79 Å². The second-order valence-corrected chi connectivity index (χ2v) is 8.50. The van der Waals surface area contributed by atoms with Gasteiger partial charge in [0.05, 0.1) is 10.6 Å². The molecule has 0 spiro atoms. The van der Waals surface area contributed by atoms with Crippen molar-refractivity contribution in [2.24, 2.45) is 5.92 Å². The van der Waals surface area contributed by atoms with Gasteiger partial charge in [-0.1, -0.05) is 20.8 Å². The molecule has 118 valence electrons. The van der Waals surface area contributed by atoms with Crippen LogP contribution in [0.5, 0.6) is 0 Å². The van der Waals surface area contributed by atoms with Crippen LogP contribution in [-0.4, -0.2) is 37.2 Å². The lowest BCUT2D eigenvalue weighted by molar-refractivity contribution is -0.140. The van der Waals surface area contributed by atoms with Crippen molar-refractivity contribution in [3.05, 3.63) is 21.9 Å². The third-order valence-corrected chi connectivity index (χ3v) is 5.80. The summed E-state index contributed by atoms with van der Waals surface area (Å²) < 4.78 is 23.1. The molecule has 1 atom stereocenters. The van der Waals surface area contributed by atoms with Crippen LogP contribution in [0.1, 0.15) is 35.3 Å². The predicted octanol–water partition coefficient (Wildman–Crippen LogP) is 1.52. The first kappa shape index (κ1) is 17.6. The Kier molecular flexibility index (Phi) is 5.91. The topological polar surface area (TPSA) is 101 Å². The third-order valence-electron chi connectivity index (χ3n) is 2.91. The summed E-state index contributed by atoms with van der Waals surface area (Å²) in [6.07, 6.45) is 0. The number of carboxylic acids is 1. The van der Waals surface area contributed by atoms with Crippen LogP contribution >= 0.6 is 11.3 Å². The molecule has 0 aliphatic carbocycles. The largest absolute Gasteiger partial charge is 0.480 e. The van der Waals surface area contributed by atoms with Crippen molar-refractivity contribution < 1.29 is 23.1 Å². The zero-order valence-electron chi connectivity index (χ0n) is 12.1. The standard InChI is InChI=1S/C13H19NO5S2/c1-4-21(18,19)7-9-5-6-10(20-9)12(15)14-11(8(2)3)13(16)17/h5-6,8,11H,4,7H2,1-3H3,(H,14,15)(H,16,17). The molecule has 0 aliphatic rings. The molecule has 0 saturated heterocycles. The highest BCUT2D eigenvalue weighted by Gasteiger charge is 2.24. The predicted molar refractivity (Wildman–Crippen MR) is 81.2 cm³/mol.